The van der Waals surface area contributed by atoms with Gasteiger partial charge in [0.2, 0.25) is 0 Å². The van der Waals surface area contributed by atoms with E-state index in [1.165, 1.54) is 0 Å². The van der Waals surface area contributed by atoms with Crippen molar-refractivity contribution in [1.82, 2.24) is 9.55 Å². The zero-order chi connectivity index (χ0) is 10.6. The summed E-state index contributed by atoms with van der Waals surface area (Å²) in [6.45, 7) is 4.27. The number of aromatic nitrogens is 2. The minimum absolute atomic E-state index is 0.200. The number of carbonyl (C=O) groups excluding carboxylic acids is 1. The fraction of sp³-hybridized carbons (Fsp3) is 0.636. The Hall–Kier alpha value is -1.12. The van der Waals surface area contributed by atoms with Crippen molar-refractivity contribution in [2.45, 2.75) is 33.1 Å². The van der Waals surface area contributed by atoms with Crippen molar-refractivity contribution in [1.29, 1.82) is 0 Å². The molecular formula is C11H18N2O. The van der Waals surface area contributed by atoms with Gasteiger partial charge < -0.3 is 4.57 Å². The second kappa shape index (κ2) is 4.94. The molecular weight excluding hydrogens is 176 g/mol. The monoisotopic (exact) mass is 194 g/mol. The van der Waals surface area contributed by atoms with Gasteiger partial charge in [-0.25, -0.2) is 4.98 Å². The van der Waals surface area contributed by atoms with Gasteiger partial charge in [0.25, 0.3) is 0 Å². The highest BCUT2D eigenvalue weighted by atomic mass is 16.1. The minimum atomic E-state index is 0.200. The molecule has 1 aromatic heterocycles. The van der Waals surface area contributed by atoms with E-state index in [4.69, 9.17) is 0 Å². The lowest BCUT2D eigenvalue weighted by molar-refractivity contribution is 0.0954. The van der Waals surface area contributed by atoms with Crippen molar-refractivity contribution in [3.63, 3.8) is 0 Å². The third-order valence-electron chi connectivity index (χ3n) is 2.42. The van der Waals surface area contributed by atoms with Crippen molar-refractivity contribution >= 4 is 5.78 Å². The molecule has 78 valence electrons. The normalized spacial score (nSPS) is 12.8. The van der Waals surface area contributed by atoms with E-state index in [9.17, 15) is 4.79 Å². The van der Waals surface area contributed by atoms with E-state index in [-0.39, 0.29) is 5.78 Å². The number of hydrogen-bond acceptors (Lipinski definition) is 2. The maximum absolute atomic E-state index is 11.8. The van der Waals surface area contributed by atoms with Crippen LogP contribution in [0, 0.1) is 5.92 Å². The molecule has 0 aromatic carbocycles. The van der Waals surface area contributed by atoms with Crippen molar-refractivity contribution in [3.8, 4) is 0 Å². The molecule has 3 heteroatoms. The average molecular weight is 194 g/mol. The molecule has 0 saturated carbocycles. The highest BCUT2D eigenvalue weighted by molar-refractivity contribution is 5.94. The molecule has 3 nitrogen and oxygen atoms in total. The molecule has 0 radical (unpaired) electrons. The Bertz CT molecular complexity index is 304. The predicted octanol–water partition coefficient (Wildman–Crippen LogP) is 2.43. The molecule has 0 spiro atoms. The van der Waals surface area contributed by atoms with Crippen LogP contribution in [0.1, 0.15) is 43.6 Å². The van der Waals surface area contributed by atoms with Gasteiger partial charge in [0, 0.05) is 13.5 Å². The lowest BCUT2D eigenvalue weighted by Crippen LogP contribution is -2.09. The van der Waals surface area contributed by atoms with Crippen molar-refractivity contribution in [2.24, 2.45) is 13.0 Å². The molecule has 0 N–H and O–H groups in total. The number of rotatable bonds is 5. The zero-order valence-electron chi connectivity index (χ0n) is 9.16. The van der Waals surface area contributed by atoms with Crippen LogP contribution in [0.4, 0.5) is 0 Å². The topological polar surface area (TPSA) is 34.9 Å². The maximum Gasteiger partial charge on any atom is 0.181 e. The van der Waals surface area contributed by atoms with E-state index >= 15 is 0 Å². The van der Waals surface area contributed by atoms with Crippen molar-refractivity contribution < 1.29 is 4.79 Å². The average Bonchev–Trinajstić information content (AvgIpc) is 2.51. The molecule has 0 aliphatic rings. The van der Waals surface area contributed by atoms with Gasteiger partial charge in [0.15, 0.2) is 5.78 Å². The lowest BCUT2D eigenvalue weighted by Gasteiger charge is -2.08. The molecule has 0 amide bonds. The number of carbonyl (C=O) groups is 1. The third kappa shape index (κ3) is 2.69. The smallest absolute Gasteiger partial charge is 0.181 e. The van der Waals surface area contributed by atoms with E-state index in [0.717, 1.165) is 12.8 Å². The Morgan fingerprint density at radius 2 is 2.36 bits per heavy atom. The van der Waals surface area contributed by atoms with E-state index in [1.807, 2.05) is 7.05 Å². The molecule has 14 heavy (non-hydrogen) atoms. The Balaban J connectivity index is 2.55. The standard InChI is InChI=1S/C11H18N2O/c1-4-5-9(2)6-11(14)10-7-12-8-13(10)3/h7-9H,4-6H2,1-3H3. The van der Waals surface area contributed by atoms with Crippen LogP contribution < -0.4 is 0 Å². The first-order valence-electron chi connectivity index (χ1n) is 5.14. The highest BCUT2D eigenvalue weighted by Crippen LogP contribution is 2.13. The number of Topliss-reactive ketones (excluding diaryl/α,β-unsaturated/α-hetero) is 1. The Kier molecular flexibility index (Phi) is 3.86. The van der Waals surface area contributed by atoms with Crippen LogP contribution in [-0.4, -0.2) is 15.3 Å². The molecule has 0 aliphatic heterocycles. The molecule has 0 aliphatic carbocycles. The summed E-state index contributed by atoms with van der Waals surface area (Å²) < 4.78 is 1.78. The first-order chi connectivity index (χ1) is 6.65. The summed E-state index contributed by atoms with van der Waals surface area (Å²) in [5, 5.41) is 0. The summed E-state index contributed by atoms with van der Waals surface area (Å²) in [6.07, 6.45) is 6.19. The molecule has 1 aromatic rings. The Labute approximate surface area is 85.2 Å². The van der Waals surface area contributed by atoms with Crippen LogP contribution in [0.3, 0.4) is 0 Å². The van der Waals surface area contributed by atoms with Gasteiger partial charge in [0.1, 0.15) is 5.69 Å². The van der Waals surface area contributed by atoms with E-state index in [0.29, 0.717) is 18.0 Å². The summed E-state index contributed by atoms with van der Waals surface area (Å²) in [5.74, 6) is 0.674. The molecule has 1 atom stereocenters. The summed E-state index contributed by atoms with van der Waals surface area (Å²) >= 11 is 0. The van der Waals surface area contributed by atoms with E-state index in [2.05, 4.69) is 18.8 Å². The first kappa shape index (κ1) is 11.0. The number of nitrogens with zero attached hydrogens (tertiary/aromatic N) is 2. The summed E-state index contributed by atoms with van der Waals surface area (Å²) in [7, 11) is 1.85. The summed E-state index contributed by atoms with van der Waals surface area (Å²) in [5.41, 5.74) is 0.716. The maximum atomic E-state index is 11.8. The predicted molar refractivity (Wildman–Crippen MR) is 56.2 cm³/mol. The highest BCUT2D eigenvalue weighted by Gasteiger charge is 2.13. The third-order valence-corrected chi connectivity index (χ3v) is 2.42. The van der Waals surface area contributed by atoms with Gasteiger partial charge in [-0.1, -0.05) is 26.7 Å². The van der Waals surface area contributed by atoms with Gasteiger partial charge in [-0.15, -0.1) is 0 Å². The minimum Gasteiger partial charge on any atom is -0.331 e. The molecule has 1 rings (SSSR count). The van der Waals surface area contributed by atoms with Gasteiger partial charge in [-0.2, -0.15) is 0 Å². The van der Waals surface area contributed by atoms with Gasteiger partial charge in [0.05, 0.1) is 12.5 Å². The van der Waals surface area contributed by atoms with Crippen LogP contribution in [0.5, 0.6) is 0 Å². The fourth-order valence-electron chi connectivity index (χ4n) is 1.64. The molecule has 0 saturated heterocycles. The van der Waals surface area contributed by atoms with E-state index < -0.39 is 0 Å². The molecule has 1 heterocycles. The second-order valence-corrected chi connectivity index (χ2v) is 3.91. The largest absolute Gasteiger partial charge is 0.331 e. The Morgan fingerprint density at radius 3 is 2.86 bits per heavy atom. The van der Waals surface area contributed by atoms with Crippen LogP contribution in [0.25, 0.3) is 0 Å². The van der Waals surface area contributed by atoms with Crippen molar-refractivity contribution in [2.75, 3.05) is 0 Å². The van der Waals surface area contributed by atoms with Gasteiger partial charge in [-0.05, 0) is 5.92 Å². The van der Waals surface area contributed by atoms with Gasteiger partial charge in [-0.3, -0.25) is 4.79 Å². The Morgan fingerprint density at radius 1 is 1.64 bits per heavy atom. The molecule has 0 fully saturated rings. The quantitative estimate of drug-likeness (QED) is 0.675. The van der Waals surface area contributed by atoms with Gasteiger partial charge >= 0.3 is 0 Å². The number of ketones is 1. The summed E-state index contributed by atoms with van der Waals surface area (Å²) in [4.78, 5) is 15.7. The zero-order valence-corrected chi connectivity index (χ0v) is 9.16. The van der Waals surface area contributed by atoms with E-state index in [1.54, 1.807) is 17.1 Å². The summed E-state index contributed by atoms with van der Waals surface area (Å²) in [6, 6.07) is 0. The SMILES string of the molecule is CCCC(C)CC(=O)c1cncn1C. The van der Waals surface area contributed by atoms with Crippen LogP contribution in [-0.2, 0) is 7.05 Å². The first-order valence-corrected chi connectivity index (χ1v) is 5.14. The number of hydrogen-bond donors (Lipinski definition) is 0. The van der Waals surface area contributed by atoms with Crippen LogP contribution in [0.2, 0.25) is 0 Å². The van der Waals surface area contributed by atoms with Crippen LogP contribution >= 0.6 is 0 Å². The second-order valence-electron chi connectivity index (χ2n) is 3.91. The van der Waals surface area contributed by atoms with Crippen molar-refractivity contribution in [3.05, 3.63) is 18.2 Å². The number of imidazole rings is 1. The number of aryl methyl sites for hydroxylation is 1. The lowest BCUT2D eigenvalue weighted by atomic mass is 9.98. The molecule has 0 bridgehead atoms. The van der Waals surface area contributed by atoms with Crippen LogP contribution in [0.15, 0.2) is 12.5 Å². The molecule has 1 unspecified atom stereocenters. The fourth-order valence-corrected chi connectivity index (χ4v) is 1.64.